The van der Waals surface area contributed by atoms with E-state index in [4.69, 9.17) is 15.4 Å². The van der Waals surface area contributed by atoms with Gasteiger partial charge >= 0.3 is 0 Å². The van der Waals surface area contributed by atoms with Crippen molar-refractivity contribution in [1.82, 2.24) is 0 Å². The molecule has 0 amide bonds. The van der Waals surface area contributed by atoms with Crippen molar-refractivity contribution in [2.45, 2.75) is 13.8 Å². The number of hydrogen-bond acceptors (Lipinski definition) is 3. The van der Waals surface area contributed by atoms with Crippen molar-refractivity contribution in [3.05, 3.63) is 27.7 Å². The molecule has 90 valence electrons. The van der Waals surface area contributed by atoms with Gasteiger partial charge in [0.05, 0.1) is 5.75 Å². The third-order valence-electron chi connectivity index (χ3n) is 2.03. The normalized spacial score (nSPS) is 11.5. The van der Waals surface area contributed by atoms with Gasteiger partial charge in [-0.25, -0.2) is 8.42 Å². The molecule has 0 aliphatic rings. The predicted octanol–water partition coefficient (Wildman–Crippen LogP) is 3.01. The summed E-state index contributed by atoms with van der Waals surface area (Å²) in [4.78, 5) is 0. The van der Waals surface area contributed by atoms with E-state index in [1.54, 1.807) is 0 Å². The highest BCUT2D eigenvalue weighted by atomic mass is 79.9. The van der Waals surface area contributed by atoms with Crippen molar-refractivity contribution in [3.8, 4) is 5.75 Å². The van der Waals surface area contributed by atoms with Gasteiger partial charge in [0.25, 0.3) is 0 Å². The summed E-state index contributed by atoms with van der Waals surface area (Å²) < 4.78 is 27.8. The van der Waals surface area contributed by atoms with Crippen LogP contribution in [0.2, 0.25) is 0 Å². The van der Waals surface area contributed by atoms with Crippen LogP contribution in [0.3, 0.4) is 0 Å². The van der Waals surface area contributed by atoms with Crippen LogP contribution in [0.5, 0.6) is 5.75 Å². The van der Waals surface area contributed by atoms with E-state index in [1.165, 1.54) is 0 Å². The van der Waals surface area contributed by atoms with Crippen molar-refractivity contribution in [2.75, 3.05) is 12.4 Å². The molecule has 16 heavy (non-hydrogen) atoms. The topological polar surface area (TPSA) is 43.4 Å². The lowest BCUT2D eigenvalue weighted by molar-refractivity contribution is 0.338. The monoisotopic (exact) mass is 326 g/mol. The summed E-state index contributed by atoms with van der Waals surface area (Å²) in [5, 5.41) is 0. The first-order valence-corrected chi connectivity index (χ1v) is 7.88. The number of halogens is 2. The largest absolute Gasteiger partial charge is 0.492 e. The Hall–Kier alpha value is -0.260. The first-order valence-electron chi connectivity index (χ1n) is 4.61. The van der Waals surface area contributed by atoms with Crippen LogP contribution in [0.1, 0.15) is 11.1 Å². The zero-order chi connectivity index (χ0) is 12.3. The Morgan fingerprint density at radius 2 is 2.00 bits per heavy atom. The molecular formula is C10H12BrClO3S. The lowest BCUT2D eigenvalue weighted by Crippen LogP contribution is -2.09. The van der Waals surface area contributed by atoms with Crippen molar-refractivity contribution in [3.63, 3.8) is 0 Å². The van der Waals surface area contributed by atoms with Gasteiger partial charge in [0, 0.05) is 20.7 Å². The number of ether oxygens (including phenoxy) is 1. The Kier molecular flexibility index (Phi) is 4.64. The predicted molar refractivity (Wildman–Crippen MR) is 68.8 cm³/mol. The van der Waals surface area contributed by atoms with Gasteiger partial charge in [0.1, 0.15) is 12.4 Å². The second-order valence-corrected chi connectivity index (χ2v) is 7.21. The average molecular weight is 328 g/mol. The molecule has 0 radical (unpaired) electrons. The lowest BCUT2D eigenvalue weighted by atomic mass is 10.1. The molecule has 0 bridgehead atoms. The molecule has 0 aliphatic heterocycles. The molecule has 3 nitrogen and oxygen atoms in total. The molecule has 1 aromatic rings. The summed E-state index contributed by atoms with van der Waals surface area (Å²) in [6.45, 7) is 3.89. The van der Waals surface area contributed by atoms with Gasteiger partial charge in [-0.1, -0.05) is 15.9 Å². The summed E-state index contributed by atoms with van der Waals surface area (Å²) in [5.74, 6) is 0.478. The summed E-state index contributed by atoms with van der Waals surface area (Å²) in [6.07, 6.45) is 0. The van der Waals surface area contributed by atoms with Gasteiger partial charge in [-0.2, -0.15) is 0 Å². The van der Waals surface area contributed by atoms with Crippen molar-refractivity contribution < 1.29 is 13.2 Å². The van der Waals surface area contributed by atoms with Gasteiger partial charge in [-0.3, -0.25) is 0 Å². The molecule has 1 aromatic carbocycles. The van der Waals surface area contributed by atoms with E-state index in [9.17, 15) is 8.42 Å². The first-order chi connectivity index (χ1) is 7.29. The second-order valence-electron chi connectivity index (χ2n) is 3.46. The molecule has 1 rings (SSSR count). The fraction of sp³-hybridized carbons (Fsp3) is 0.400. The van der Waals surface area contributed by atoms with Gasteiger partial charge < -0.3 is 4.74 Å². The van der Waals surface area contributed by atoms with Crippen LogP contribution in [-0.4, -0.2) is 20.8 Å². The molecule has 0 N–H and O–H groups in total. The Morgan fingerprint density at radius 3 is 2.56 bits per heavy atom. The van der Waals surface area contributed by atoms with Crippen LogP contribution in [0.25, 0.3) is 0 Å². The smallest absolute Gasteiger partial charge is 0.235 e. The van der Waals surface area contributed by atoms with E-state index in [-0.39, 0.29) is 12.4 Å². The minimum Gasteiger partial charge on any atom is -0.492 e. The highest BCUT2D eigenvalue weighted by molar-refractivity contribution is 9.10. The van der Waals surface area contributed by atoms with Crippen LogP contribution in [0.15, 0.2) is 16.6 Å². The maximum atomic E-state index is 10.7. The van der Waals surface area contributed by atoms with Crippen molar-refractivity contribution in [2.24, 2.45) is 0 Å². The molecule has 0 saturated heterocycles. The standard InChI is InChI=1S/C10H12BrClO3S/c1-7-5-9(11)8(2)10(6-7)15-3-4-16(12,13)14/h5-6H,3-4H2,1-2H3. The molecule has 0 aromatic heterocycles. The molecule has 6 heteroatoms. The maximum Gasteiger partial charge on any atom is 0.235 e. The van der Waals surface area contributed by atoms with Crippen LogP contribution in [0, 0.1) is 13.8 Å². The number of rotatable bonds is 4. The minimum absolute atomic E-state index is 0.0581. The van der Waals surface area contributed by atoms with Crippen molar-refractivity contribution >= 4 is 35.7 Å². The van der Waals surface area contributed by atoms with E-state index in [2.05, 4.69) is 15.9 Å². The molecule has 0 saturated carbocycles. The Balaban J connectivity index is 2.75. The van der Waals surface area contributed by atoms with E-state index >= 15 is 0 Å². The van der Waals surface area contributed by atoms with E-state index in [0.717, 1.165) is 15.6 Å². The molecule has 0 aliphatic carbocycles. The minimum atomic E-state index is -3.49. The zero-order valence-electron chi connectivity index (χ0n) is 8.96. The average Bonchev–Trinajstić information content (AvgIpc) is 2.11. The third kappa shape index (κ3) is 4.31. The zero-order valence-corrected chi connectivity index (χ0v) is 12.1. The summed E-state index contributed by atoms with van der Waals surface area (Å²) >= 11 is 3.40. The summed E-state index contributed by atoms with van der Waals surface area (Å²) in [5.41, 5.74) is 1.98. The molecule has 0 unspecified atom stereocenters. The van der Waals surface area contributed by atoms with E-state index in [1.807, 2.05) is 26.0 Å². The van der Waals surface area contributed by atoms with Crippen LogP contribution < -0.4 is 4.74 Å². The van der Waals surface area contributed by atoms with Crippen molar-refractivity contribution in [1.29, 1.82) is 0 Å². The fourth-order valence-corrected chi connectivity index (χ4v) is 2.21. The second kappa shape index (κ2) is 5.38. The maximum absolute atomic E-state index is 10.7. The molecule has 0 fully saturated rings. The van der Waals surface area contributed by atoms with Crippen LogP contribution in [-0.2, 0) is 9.05 Å². The Labute approximate surface area is 108 Å². The highest BCUT2D eigenvalue weighted by Crippen LogP contribution is 2.27. The van der Waals surface area contributed by atoms with Gasteiger partial charge in [-0.05, 0) is 31.5 Å². The molecule has 0 atom stereocenters. The quantitative estimate of drug-likeness (QED) is 0.798. The van der Waals surface area contributed by atoms with E-state index in [0.29, 0.717) is 5.75 Å². The summed E-state index contributed by atoms with van der Waals surface area (Å²) in [6, 6.07) is 3.83. The Morgan fingerprint density at radius 1 is 1.38 bits per heavy atom. The molecule has 0 heterocycles. The lowest BCUT2D eigenvalue weighted by Gasteiger charge is -2.10. The highest BCUT2D eigenvalue weighted by Gasteiger charge is 2.08. The SMILES string of the molecule is Cc1cc(Br)c(C)c(OCCS(=O)(=O)Cl)c1. The van der Waals surface area contributed by atoms with Gasteiger partial charge in [-0.15, -0.1) is 0 Å². The molecular weight excluding hydrogens is 316 g/mol. The van der Waals surface area contributed by atoms with Gasteiger partial charge in [0.15, 0.2) is 0 Å². The van der Waals surface area contributed by atoms with Gasteiger partial charge in [0.2, 0.25) is 9.05 Å². The number of aryl methyl sites for hydroxylation is 1. The third-order valence-corrected chi connectivity index (χ3v) is 3.97. The number of benzene rings is 1. The fourth-order valence-electron chi connectivity index (χ4n) is 1.18. The van der Waals surface area contributed by atoms with Crippen LogP contribution in [0.4, 0.5) is 0 Å². The van der Waals surface area contributed by atoms with E-state index < -0.39 is 9.05 Å². The summed E-state index contributed by atoms with van der Waals surface area (Å²) in [7, 11) is 1.59. The van der Waals surface area contributed by atoms with Crippen LogP contribution >= 0.6 is 26.6 Å². The first kappa shape index (κ1) is 13.8. The number of hydrogen-bond donors (Lipinski definition) is 0. The Bertz CT molecular complexity index is 485. The molecule has 0 spiro atoms.